The topological polar surface area (TPSA) is 63.1 Å². The fourth-order valence-corrected chi connectivity index (χ4v) is 2.14. The van der Waals surface area contributed by atoms with Gasteiger partial charge in [0.25, 0.3) is 0 Å². The van der Waals surface area contributed by atoms with Crippen LogP contribution in [0.15, 0.2) is 46.3 Å². The maximum atomic E-state index is 11.0. The Hall–Kier alpha value is -1.88. The summed E-state index contributed by atoms with van der Waals surface area (Å²) in [6, 6.07) is 10.5. The molecule has 0 fully saturated rings. The first-order valence-corrected chi connectivity index (χ1v) is 5.79. The van der Waals surface area contributed by atoms with Crippen molar-refractivity contribution in [3.8, 4) is 0 Å². The fourth-order valence-electron chi connectivity index (χ4n) is 1.29. The van der Waals surface area contributed by atoms with E-state index in [1.165, 1.54) is 11.8 Å². The molecule has 0 atom stereocenters. The van der Waals surface area contributed by atoms with Crippen molar-refractivity contribution >= 4 is 17.7 Å². The normalized spacial score (nSPS) is 10.2. The molecule has 0 radical (unpaired) electrons. The minimum Gasteiger partial charge on any atom is -0.478 e. The van der Waals surface area contributed by atoms with Crippen molar-refractivity contribution in [1.82, 2.24) is 10.2 Å². The maximum absolute atomic E-state index is 11.0. The molecule has 5 heteroatoms. The van der Waals surface area contributed by atoms with E-state index >= 15 is 0 Å². The van der Waals surface area contributed by atoms with E-state index in [1.807, 2.05) is 19.1 Å². The lowest BCUT2D eigenvalue weighted by Gasteiger charge is -2.04. The number of carbonyl (C=O) groups is 1. The van der Waals surface area contributed by atoms with Gasteiger partial charge in [-0.3, -0.25) is 0 Å². The van der Waals surface area contributed by atoms with Gasteiger partial charge in [-0.1, -0.05) is 23.9 Å². The fraction of sp³-hybridized carbons (Fsp3) is 0.0833. The van der Waals surface area contributed by atoms with Crippen LogP contribution in [0.3, 0.4) is 0 Å². The molecule has 1 heterocycles. The van der Waals surface area contributed by atoms with E-state index in [0.717, 1.165) is 5.69 Å². The molecule has 2 rings (SSSR count). The summed E-state index contributed by atoms with van der Waals surface area (Å²) in [4.78, 5) is 11.7. The molecular formula is C12H10N2O2S. The summed E-state index contributed by atoms with van der Waals surface area (Å²) in [5.74, 6) is -0.937. The van der Waals surface area contributed by atoms with Crippen LogP contribution in [0.4, 0.5) is 0 Å². The van der Waals surface area contributed by atoms with Crippen LogP contribution < -0.4 is 0 Å². The quantitative estimate of drug-likeness (QED) is 0.902. The van der Waals surface area contributed by atoms with Gasteiger partial charge in [0.15, 0.2) is 0 Å². The average molecular weight is 246 g/mol. The Morgan fingerprint density at radius 1 is 1.18 bits per heavy atom. The molecule has 0 saturated carbocycles. The summed E-state index contributed by atoms with van der Waals surface area (Å²) in [6.07, 6.45) is 0. The molecule has 0 amide bonds. The molecule has 1 aromatic carbocycles. The summed E-state index contributed by atoms with van der Waals surface area (Å²) in [5, 5.41) is 17.6. The second-order valence-corrected chi connectivity index (χ2v) is 4.48. The zero-order valence-corrected chi connectivity index (χ0v) is 9.94. The Morgan fingerprint density at radius 3 is 2.59 bits per heavy atom. The van der Waals surface area contributed by atoms with E-state index in [9.17, 15) is 4.79 Å². The summed E-state index contributed by atoms with van der Waals surface area (Å²) < 4.78 is 0. The Labute approximate surface area is 103 Å². The van der Waals surface area contributed by atoms with Crippen molar-refractivity contribution in [2.24, 2.45) is 0 Å². The van der Waals surface area contributed by atoms with Crippen molar-refractivity contribution in [2.45, 2.75) is 16.8 Å². The van der Waals surface area contributed by atoms with E-state index in [4.69, 9.17) is 5.11 Å². The van der Waals surface area contributed by atoms with Crippen LogP contribution in [-0.4, -0.2) is 21.3 Å². The lowest BCUT2D eigenvalue weighted by Crippen LogP contribution is -1.98. The number of aromatic carboxylic acids is 1. The third kappa shape index (κ3) is 2.82. The number of benzene rings is 1. The van der Waals surface area contributed by atoms with Crippen molar-refractivity contribution in [3.05, 3.63) is 47.7 Å². The molecule has 4 nitrogen and oxygen atoms in total. The standard InChI is InChI=1S/C12H10N2O2S/c1-8-6-7-11(14-13-8)17-10-5-3-2-4-9(10)12(15)16/h2-7H,1H3,(H,15,16). The first kappa shape index (κ1) is 11.6. The van der Waals surface area contributed by atoms with E-state index < -0.39 is 5.97 Å². The third-order valence-electron chi connectivity index (χ3n) is 2.11. The number of hydrogen-bond acceptors (Lipinski definition) is 4. The SMILES string of the molecule is Cc1ccc(Sc2ccccc2C(=O)O)nn1. The number of hydrogen-bond donors (Lipinski definition) is 1. The Morgan fingerprint density at radius 2 is 1.94 bits per heavy atom. The Bertz CT molecular complexity index is 540. The third-order valence-corrected chi connectivity index (χ3v) is 3.11. The molecule has 17 heavy (non-hydrogen) atoms. The lowest BCUT2D eigenvalue weighted by atomic mass is 10.2. The van der Waals surface area contributed by atoms with Crippen LogP contribution in [0.1, 0.15) is 16.1 Å². The zero-order valence-electron chi connectivity index (χ0n) is 9.12. The highest BCUT2D eigenvalue weighted by atomic mass is 32.2. The highest BCUT2D eigenvalue weighted by Gasteiger charge is 2.10. The van der Waals surface area contributed by atoms with Crippen molar-refractivity contribution in [3.63, 3.8) is 0 Å². The van der Waals surface area contributed by atoms with Gasteiger partial charge in [-0.15, -0.1) is 5.10 Å². The number of rotatable bonds is 3. The van der Waals surface area contributed by atoms with Gasteiger partial charge in [-0.25, -0.2) is 4.79 Å². The van der Waals surface area contributed by atoms with Gasteiger partial charge in [0.1, 0.15) is 5.03 Å². The zero-order chi connectivity index (χ0) is 12.3. The minimum atomic E-state index is -0.937. The molecule has 2 aromatic rings. The molecule has 1 aromatic heterocycles. The maximum Gasteiger partial charge on any atom is 0.336 e. The van der Waals surface area contributed by atoms with Gasteiger partial charge in [-0.2, -0.15) is 5.10 Å². The predicted octanol–water partition coefficient (Wildman–Crippen LogP) is 2.63. The van der Waals surface area contributed by atoms with E-state index in [2.05, 4.69) is 10.2 Å². The summed E-state index contributed by atoms with van der Waals surface area (Å²) in [5.41, 5.74) is 1.11. The van der Waals surface area contributed by atoms with Crippen LogP contribution in [0.2, 0.25) is 0 Å². The van der Waals surface area contributed by atoms with Crippen molar-refractivity contribution in [2.75, 3.05) is 0 Å². The van der Waals surface area contributed by atoms with E-state index in [0.29, 0.717) is 9.92 Å². The number of carboxylic acid groups (broad SMARTS) is 1. The summed E-state index contributed by atoms with van der Waals surface area (Å²) in [7, 11) is 0. The van der Waals surface area contributed by atoms with Gasteiger partial charge < -0.3 is 5.11 Å². The Kier molecular flexibility index (Phi) is 3.39. The van der Waals surface area contributed by atoms with Gasteiger partial charge in [-0.05, 0) is 31.2 Å². The number of carboxylic acids is 1. The van der Waals surface area contributed by atoms with Crippen LogP contribution in [0.5, 0.6) is 0 Å². The molecular weight excluding hydrogens is 236 g/mol. The predicted molar refractivity (Wildman–Crippen MR) is 64.3 cm³/mol. The van der Waals surface area contributed by atoms with E-state index in [1.54, 1.807) is 24.3 Å². The van der Waals surface area contributed by atoms with Crippen LogP contribution in [0.25, 0.3) is 0 Å². The molecule has 0 unspecified atom stereocenters. The Balaban J connectivity index is 2.30. The van der Waals surface area contributed by atoms with Gasteiger partial charge in [0.2, 0.25) is 0 Å². The van der Waals surface area contributed by atoms with Crippen LogP contribution in [-0.2, 0) is 0 Å². The van der Waals surface area contributed by atoms with E-state index in [-0.39, 0.29) is 5.56 Å². The van der Waals surface area contributed by atoms with Gasteiger partial charge in [0.05, 0.1) is 11.3 Å². The first-order chi connectivity index (χ1) is 8.16. The lowest BCUT2D eigenvalue weighted by molar-refractivity contribution is 0.0693. The van der Waals surface area contributed by atoms with Gasteiger partial charge in [0, 0.05) is 4.90 Å². The highest BCUT2D eigenvalue weighted by Crippen LogP contribution is 2.28. The largest absolute Gasteiger partial charge is 0.478 e. The van der Waals surface area contributed by atoms with Crippen molar-refractivity contribution in [1.29, 1.82) is 0 Å². The highest BCUT2D eigenvalue weighted by molar-refractivity contribution is 7.99. The van der Waals surface area contributed by atoms with Crippen LogP contribution in [0, 0.1) is 6.92 Å². The van der Waals surface area contributed by atoms with Crippen LogP contribution >= 0.6 is 11.8 Å². The average Bonchev–Trinajstić information content (AvgIpc) is 2.32. The molecule has 0 bridgehead atoms. The monoisotopic (exact) mass is 246 g/mol. The molecule has 0 aliphatic heterocycles. The number of aromatic nitrogens is 2. The number of nitrogens with zero attached hydrogens (tertiary/aromatic N) is 2. The molecule has 0 spiro atoms. The molecule has 0 aliphatic rings. The van der Waals surface area contributed by atoms with Crippen molar-refractivity contribution < 1.29 is 9.90 Å². The summed E-state index contributed by atoms with van der Waals surface area (Å²) in [6.45, 7) is 1.85. The molecule has 0 saturated heterocycles. The second kappa shape index (κ2) is 4.97. The van der Waals surface area contributed by atoms with Gasteiger partial charge >= 0.3 is 5.97 Å². The molecule has 1 N–H and O–H groups in total. The molecule has 0 aliphatic carbocycles. The first-order valence-electron chi connectivity index (χ1n) is 4.97. The minimum absolute atomic E-state index is 0.278. The molecule has 86 valence electrons. The summed E-state index contributed by atoms with van der Waals surface area (Å²) >= 11 is 1.30. The second-order valence-electron chi connectivity index (χ2n) is 3.42. The number of aryl methyl sites for hydroxylation is 1. The smallest absolute Gasteiger partial charge is 0.336 e.